The van der Waals surface area contributed by atoms with Crippen LogP contribution in [0.1, 0.15) is 5.56 Å². The Morgan fingerprint density at radius 3 is 2.23 bits per heavy atom. The van der Waals surface area contributed by atoms with Crippen molar-refractivity contribution in [1.82, 2.24) is 0 Å². The van der Waals surface area contributed by atoms with Crippen LogP contribution in [-0.4, -0.2) is 12.3 Å². The van der Waals surface area contributed by atoms with Crippen LogP contribution >= 0.6 is 34.8 Å². The average Bonchev–Trinajstić information content (AvgIpc) is 2.03. The molecule has 0 aliphatic carbocycles. The predicted molar refractivity (Wildman–Crippen MR) is 55.9 cm³/mol. The van der Waals surface area contributed by atoms with E-state index >= 15 is 0 Å². The monoisotopic (exact) mass is 237 g/mol. The van der Waals surface area contributed by atoms with Crippen LogP contribution < -0.4 is 0 Å². The summed E-state index contributed by atoms with van der Waals surface area (Å²) in [5, 5.41) is 4.77. The third-order valence-electron chi connectivity index (χ3n) is 1.27. The van der Waals surface area contributed by atoms with Gasteiger partial charge >= 0.3 is 0 Å². The van der Waals surface area contributed by atoms with Crippen molar-refractivity contribution in [3.05, 3.63) is 33.8 Å². The number of oxime groups is 1. The van der Waals surface area contributed by atoms with E-state index in [0.29, 0.717) is 15.6 Å². The van der Waals surface area contributed by atoms with Crippen LogP contribution in [0.5, 0.6) is 0 Å². The molecule has 0 aliphatic heterocycles. The van der Waals surface area contributed by atoms with Gasteiger partial charge in [0.1, 0.15) is 7.11 Å². The van der Waals surface area contributed by atoms with Crippen molar-refractivity contribution in [3.63, 3.8) is 0 Å². The Morgan fingerprint density at radius 2 is 1.77 bits per heavy atom. The van der Waals surface area contributed by atoms with Crippen molar-refractivity contribution < 1.29 is 4.84 Å². The van der Waals surface area contributed by atoms with Crippen LogP contribution in [0, 0.1) is 0 Å². The summed E-state index contributed by atoms with van der Waals surface area (Å²) in [6.45, 7) is 0. The number of nitrogens with zero attached hydrogens (tertiary/aromatic N) is 1. The minimum absolute atomic E-state index is 0.215. The first-order valence-corrected chi connectivity index (χ1v) is 4.50. The highest BCUT2D eigenvalue weighted by atomic mass is 35.5. The molecule has 0 N–H and O–H groups in total. The van der Waals surface area contributed by atoms with Crippen molar-refractivity contribution in [1.29, 1.82) is 0 Å². The summed E-state index contributed by atoms with van der Waals surface area (Å²) < 4.78 is 0. The Hall–Kier alpha value is -0.440. The second-order valence-corrected chi connectivity index (χ2v) is 3.45. The Labute approximate surface area is 91.0 Å². The minimum Gasteiger partial charge on any atom is -0.398 e. The zero-order chi connectivity index (χ0) is 9.84. The van der Waals surface area contributed by atoms with Crippen LogP contribution in [0.3, 0.4) is 0 Å². The van der Waals surface area contributed by atoms with Gasteiger partial charge in [0, 0.05) is 15.6 Å². The molecular weight excluding hydrogens is 232 g/mol. The van der Waals surface area contributed by atoms with E-state index in [1.54, 1.807) is 18.2 Å². The lowest BCUT2D eigenvalue weighted by Gasteiger charge is -1.99. The van der Waals surface area contributed by atoms with E-state index in [2.05, 4.69) is 9.99 Å². The van der Waals surface area contributed by atoms with Crippen molar-refractivity contribution in [2.75, 3.05) is 7.11 Å². The first-order valence-electron chi connectivity index (χ1n) is 3.36. The molecule has 1 rings (SSSR count). The fourth-order valence-corrected chi connectivity index (χ4v) is 1.51. The first kappa shape index (κ1) is 10.6. The molecule has 13 heavy (non-hydrogen) atoms. The summed E-state index contributed by atoms with van der Waals surface area (Å²) in [4.78, 5) is 4.51. The number of rotatable bonds is 2. The van der Waals surface area contributed by atoms with Crippen molar-refractivity contribution in [3.8, 4) is 0 Å². The van der Waals surface area contributed by atoms with Crippen LogP contribution in [0.4, 0.5) is 0 Å². The van der Waals surface area contributed by atoms with E-state index in [1.165, 1.54) is 7.11 Å². The van der Waals surface area contributed by atoms with Gasteiger partial charge in [0.15, 0.2) is 5.17 Å². The van der Waals surface area contributed by atoms with E-state index in [-0.39, 0.29) is 5.17 Å². The summed E-state index contributed by atoms with van der Waals surface area (Å²) >= 11 is 17.3. The SMILES string of the molecule is CO/N=C(\Cl)c1cc(Cl)cc(Cl)c1. The fraction of sp³-hybridized carbons (Fsp3) is 0.125. The molecule has 0 radical (unpaired) electrons. The largest absolute Gasteiger partial charge is 0.398 e. The normalized spacial score (nSPS) is 11.5. The van der Waals surface area contributed by atoms with Crippen LogP contribution in [0.15, 0.2) is 23.4 Å². The molecule has 2 nitrogen and oxygen atoms in total. The van der Waals surface area contributed by atoms with Crippen molar-refractivity contribution in [2.45, 2.75) is 0 Å². The molecule has 0 saturated heterocycles. The number of hydrogen-bond donors (Lipinski definition) is 0. The molecule has 70 valence electrons. The molecule has 0 spiro atoms. The molecule has 0 atom stereocenters. The quantitative estimate of drug-likeness (QED) is 0.570. The molecule has 0 aliphatic rings. The van der Waals surface area contributed by atoms with E-state index in [9.17, 15) is 0 Å². The Morgan fingerprint density at radius 1 is 1.23 bits per heavy atom. The molecule has 0 bridgehead atoms. The maximum absolute atomic E-state index is 5.76. The van der Waals surface area contributed by atoms with Crippen molar-refractivity contribution in [2.24, 2.45) is 5.16 Å². The lowest BCUT2D eigenvalue weighted by atomic mass is 10.2. The molecule has 0 heterocycles. The van der Waals surface area contributed by atoms with Gasteiger partial charge in [-0.2, -0.15) is 0 Å². The third-order valence-corrected chi connectivity index (χ3v) is 2.00. The standard InChI is InChI=1S/C8H6Cl3NO/c1-13-12-8(11)5-2-6(9)4-7(10)3-5/h2-4H,1H3/b12-8-. The molecule has 1 aromatic rings. The molecule has 0 fully saturated rings. The van der Waals surface area contributed by atoms with E-state index in [1.807, 2.05) is 0 Å². The zero-order valence-electron chi connectivity index (χ0n) is 6.72. The smallest absolute Gasteiger partial charge is 0.175 e. The van der Waals surface area contributed by atoms with Crippen molar-refractivity contribution >= 4 is 40.0 Å². The van der Waals surface area contributed by atoms with Crippen LogP contribution in [-0.2, 0) is 4.84 Å². The van der Waals surface area contributed by atoms with Crippen LogP contribution in [0.25, 0.3) is 0 Å². The van der Waals surface area contributed by atoms with Gasteiger partial charge in [0.2, 0.25) is 0 Å². The van der Waals surface area contributed by atoms with Gasteiger partial charge in [-0.25, -0.2) is 0 Å². The topological polar surface area (TPSA) is 21.6 Å². The molecule has 0 saturated carbocycles. The third kappa shape index (κ3) is 3.07. The summed E-state index contributed by atoms with van der Waals surface area (Å²) in [7, 11) is 1.41. The lowest BCUT2D eigenvalue weighted by Crippen LogP contribution is -1.91. The Kier molecular flexibility index (Phi) is 3.85. The highest BCUT2D eigenvalue weighted by molar-refractivity contribution is 6.69. The highest BCUT2D eigenvalue weighted by Crippen LogP contribution is 2.20. The van der Waals surface area contributed by atoms with Gasteiger partial charge in [-0.15, -0.1) is 0 Å². The second kappa shape index (κ2) is 4.70. The predicted octanol–water partition coefficient (Wildman–Crippen LogP) is 3.54. The maximum atomic E-state index is 5.76. The molecule has 5 heteroatoms. The summed E-state index contributed by atoms with van der Waals surface area (Å²) in [6.07, 6.45) is 0. The van der Waals surface area contributed by atoms with Gasteiger partial charge in [-0.05, 0) is 18.2 Å². The summed E-state index contributed by atoms with van der Waals surface area (Å²) in [5.41, 5.74) is 0.626. The maximum Gasteiger partial charge on any atom is 0.175 e. The highest BCUT2D eigenvalue weighted by Gasteiger charge is 2.03. The minimum atomic E-state index is 0.215. The van der Waals surface area contributed by atoms with E-state index < -0.39 is 0 Å². The average molecular weight is 239 g/mol. The fourth-order valence-electron chi connectivity index (χ4n) is 0.806. The molecule has 0 aromatic heterocycles. The molecule has 1 aromatic carbocycles. The lowest BCUT2D eigenvalue weighted by molar-refractivity contribution is 0.214. The van der Waals surface area contributed by atoms with Gasteiger partial charge in [0.25, 0.3) is 0 Å². The Balaban J connectivity index is 3.08. The zero-order valence-corrected chi connectivity index (χ0v) is 8.99. The summed E-state index contributed by atoms with van der Waals surface area (Å²) in [6, 6.07) is 4.92. The molecule has 0 amide bonds. The number of halogens is 3. The van der Waals surface area contributed by atoms with Gasteiger partial charge in [-0.1, -0.05) is 40.0 Å². The van der Waals surface area contributed by atoms with E-state index in [4.69, 9.17) is 34.8 Å². The van der Waals surface area contributed by atoms with E-state index in [0.717, 1.165) is 0 Å². The first-order chi connectivity index (χ1) is 6.13. The molecule has 0 unspecified atom stereocenters. The Bertz CT molecular complexity index is 318. The molecular formula is C8H6Cl3NO. The number of benzene rings is 1. The number of hydrogen-bond acceptors (Lipinski definition) is 2. The van der Waals surface area contributed by atoms with Gasteiger partial charge in [0.05, 0.1) is 0 Å². The van der Waals surface area contributed by atoms with Gasteiger partial charge < -0.3 is 4.84 Å². The van der Waals surface area contributed by atoms with Gasteiger partial charge in [-0.3, -0.25) is 0 Å². The summed E-state index contributed by atoms with van der Waals surface area (Å²) in [5.74, 6) is 0. The van der Waals surface area contributed by atoms with Crippen LogP contribution in [0.2, 0.25) is 10.0 Å². The second-order valence-electron chi connectivity index (χ2n) is 2.22.